The Hall–Kier alpha value is -0.880. The summed E-state index contributed by atoms with van der Waals surface area (Å²) in [4.78, 5) is 18.5. The number of likely N-dealkylation sites (tertiary alicyclic amines) is 1. The Labute approximate surface area is 141 Å². The molecule has 0 spiro atoms. The average molecular weight is 338 g/mol. The molecule has 2 heterocycles. The van der Waals surface area contributed by atoms with Gasteiger partial charge in [-0.15, -0.1) is 11.7 Å². The zero-order valence-electron chi connectivity index (χ0n) is 13.1. The molecule has 0 bridgehead atoms. The van der Waals surface area contributed by atoms with Crippen molar-refractivity contribution in [3.05, 3.63) is 23.9 Å². The van der Waals surface area contributed by atoms with Gasteiger partial charge in [-0.3, -0.25) is 4.79 Å². The van der Waals surface area contributed by atoms with Gasteiger partial charge in [0.15, 0.2) is 0 Å². The van der Waals surface area contributed by atoms with E-state index in [0.29, 0.717) is 17.9 Å². The quantitative estimate of drug-likeness (QED) is 0.639. The number of hydrogen-bond acceptors (Lipinski definition) is 5. The third-order valence-electron chi connectivity index (χ3n) is 4.68. The summed E-state index contributed by atoms with van der Waals surface area (Å²) < 4.78 is -0.0473. The normalized spacial score (nSPS) is 19.5. The number of thiol groups is 1. The minimum atomic E-state index is -0.0473. The molecule has 3 rings (SSSR count). The summed E-state index contributed by atoms with van der Waals surface area (Å²) in [5.41, 5.74) is 1.20. The molecule has 0 unspecified atom stereocenters. The number of nitrogens with one attached hydrogen (secondary N) is 1. The van der Waals surface area contributed by atoms with Crippen LogP contribution in [0.3, 0.4) is 0 Å². The Morgan fingerprint density at radius 1 is 1.45 bits per heavy atom. The number of nitrogens with zero attached hydrogens (tertiary/aromatic N) is 2. The summed E-state index contributed by atoms with van der Waals surface area (Å²) in [6.07, 6.45) is 5.20. The Bertz CT molecular complexity index is 554. The SMILES string of the molecule is CC(C)(SS)c1ccnc(NC2CN(C(=O)C3CCC3)C2)c1. The van der Waals surface area contributed by atoms with Crippen LogP contribution in [-0.2, 0) is 9.54 Å². The number of hydrogen-bond donors (Lipinski definition) is 2. The summed E-state index contributed by atoms with van der Waals surface area (Å²) in [7, 11) is 1.53. The Balaban J connectivity index is 1.54. The van der Waals surface area contributed by atoms with E-state index in [0.717, 1.165) is 31.7 Å². The highest BCUT2D eigenvalue weighted by Crippen LogP contribution is 2.38. The highest BCUT2D eigenvalue weighted by Gasteiger charge is 2.36. The first-order valence-electron chi connectivity index (χ1n) is 7.84. The number of carbonyl (C=O) groups excluding carboxylic acids is 1. The zero-order valence-corrected chi connectivity index (χ0v) is 14.8. The van der Waals surface area contributed by atoms with Crippen LogP contribution in [0.25, 0.3) is 0 Å². The van der Waals surface area contributed by atoms with E-state index in [4.69, 9.17) is 0 Å². The van der Waals surface area contributed by atoms with Crippen molar-refractivity contribution in [1.82, 2.24) is 9.88 Å². The minimum absolute atomic E-state index is 0.0473. The minimum Gasteiger partial charge on any atom is -0.364 e. The molecule has 1 aromatic rings. The van der Waals surface area contributed by atoms with Crippen LogP contribution in [-0.4, -0.2) is 34.9 Å². The molecule has 1 amide bonds. The van der Waals surface area contributed by atoms with Crippen LogP contribution in [0.2, 0.25) is 0 Å². The molecule has 2 aliphatic rings. The predicted octanol–water partition coefficient (Wildman–Crippen LogP) is 3.32. The number of carbonyl (C=O) groups is 1. The Morgan fingerprint density at radius 2 is 2.18 bits per heavy atom. The van der Waals surface area contributed by atoms with Gasteiger partial charge >= 0.3 is 0 Å². The molecule has 0 radical (unpaired) electrons. The number of pyridine rings is 1. The topological polar surface area (TPSA) is 45.2 Å². The lowest BCUT2D eigenvalue weighted by molar-refractivity contribution is -0.142. The summed E-state index contributed by atoms with van der Waals surface area (Å²) >= 11 is 4.35. The van der Waals surface area contributed by atoms with Crippen molar-refractivity contribution in [1.29, 1.82) is 0 Å². The van der Waals surface area contributed by atoms with Crippen molar-refractivity contribution in [2.24, 2.45) is 5.92 Å². The van der Waals surface area contributed by atoms with Crippen LogP contribution in [0.1, 0.15) is 38.7 Å². The fraction of sp³-hybridized carbons (Fsp3) is 0.625. The smallest absolute Gasteiger partial charge is 0.225 e. The maximum atomic E-state index is 12.1. The summed E-state index contributed by atoms with van der Waals surface area (Å²) in [6, 6.07) is 4.43. The van der Waals surface area contributed by atoms with E-state index < -0.39 is 0 Å². The maximum Gasteiger partial charge on any atom is 0.225 e. The summed E-state index contributed by atoms with van der Waals surface area (Å²) in [6.45, 7) is 5.89. The van der Waals surface area contributed by atoms with Crippen molar-refractivity contribution < 1.29 is 4.79 Å². The van der Waals surface area contributed by atoms with Crippen LogP contribution in [0.4, 0.5) is 5.82 Å². The summed E-state index contributed by atoms with van der Waals surface area (Å²) in [5, 5.41) is 3.44. The van der Waals surface area contributed by atoms with Gasteiger partial charge in [0.1, 0.15) is 5.82 Å². The lowest BCUT2D eigenvalue weighted by Gasteiger charge is -2.43. The van der Waals surface area contributed by atoms with Crippen LogP contribution < -0.4 is 5.32 Å². The van der Waals surface area contributed by atoms with E-state index in [1.165, 1.54) is 22.8 Å². The van der Waals surface area contributed by atoms with Gasteiger partial charge in [-0.05, 0) is 44.4 Å². The molecule has 0 atom stereocenters. The van der Waals surface area contributed by atoms with Gasteiger partial charge in [0.05, 0.1) is 6.04 Å². The molecular formula is C16H23N3OS2. The van der Waals surface area contributed by atoms with Crippen LogP contribution in [0, 0.1) is 5.92 Å². The predicted molar refractivity (Wildman–Crippen MR) is 95.2 cm³/mol. The molecule has 6 heteroatoms. The third-order valence-corrected chi connectivity index (χ3v) is 6.74. The number of aromatic nitrogens is 1. The first-order chi connectivity index (χ1) is 10.5. The standard InChI is InChI=1S/C16H23N3OS2/c1-16(2,22-21)12-6-7-17-14(8-12)18-13-9-19(10-13)15(20)11-4-3-5-11/h6-8,11,13,21H,3-5,9-10H2,1-2H3,(H,17,18). The van der Waals surface area contributed by atoms with Crippen molar-refractivity contribution in [2.75, 3.05) is 18.4 Å². The largest absolute Gasteiger partial charge is 0.364 e. The van der Waals surface area contributed by atoms with Crippen molar-refractivity contribution in [3.8, 4) is 0 Å². The van der Waals surface area contributed by atoms with Gasteiger partial charge in [-0.1, -0.05) is 17.2 Å². The van der Waals surface area contributed by atoms with Gasteiger partial charge in [-0.2, -0.15) is 0 Å². The van der Waals surface area contributed by atoms with E-state index in [1.54, 1.807) is 0 Å². The van der Waals surface area contributed by atoms with Crippen molar-refractivity contribution in [3.63, 3.8) is 0 Å². The first-order valence-corrected chi connectivity index (χ1v) is 9.71. The number of rotatable bonds is 5. The molecular weight excluding hydrogens is 314 g/mol. The lowest BCUT2D eigenvalue weighted by Crippen LogP contribution is -2.59. The second kappa shape index (κ2) is 6.32. The molecule has 0 aromatic carbocycles. The van der Waals surface area contributed by atoms with Gasteiger partial charge in [0.25, 0.3) is 0 Å². The fourth-order valence-corrected chi connectivity index (χ4v) is 3.36. The average Bonchev–Trinajstić information content (AvgIpc) is 2.40. The van der Waals surface area contributed by atoms with Gasteiger partial charge < -0.3 is 10.2 Å². The highest BCUT2D eigenvalue weighted by molar-refractivity contribution is 8.68. The van der Waals surface area contributed by atoms with Gasteiger partial charge in [0, 0.05) is 30.0 Å². The Kier molecular flexibility index (Phi) is 4.59. The van der Waals surface area contributed by atoms with Gasteiger partial charge in [0.2, 0.25) is 5.91 Å². The van der Waals surface area contributed by atoms with E-state index in [-0.39, 0.29) is 4.75 Å². The van der Waals surface area contributed by atoms with E-state index >= 15 is 0 Å². The summed E-state index contributed by atoms with van der Waals surface area (Å²) in [5.74, 6) is 1.53. The molecule has 1 aromatic heterocycles. The lowest BCUT2D eigenvalue weighted by atomic mass is 9.83. The van der Waals surface area contributed by atoms with Crippen molar-refractivity contribution >= 4 is 34.2 Å². The molecule has 1 N–H and O–H groups in total. The zero-order chi connectivity index (χ0) is 15.7. The van der Waals surface area contributed by atoms with E-state index in [2.05, 4.69) is 41.9 Å². The molecule has 4 nitrogen and oxygen atoms in total. The van der Waals surface area contributed by atoms with Gasteiger partial charge in [-0.25, -0.2) is 4.98 Å². The monoisotopic (exact) mass is 337 g/mol. The van der Waals surface area contributed by atoms with Crippen LogP contribution in [0.15, 0.2) is 18.3 Å². The molecule has 120 valence electrons. The molecule has 1 saturated heterocycles. The highest BCUT2D eigenvalue weighted by atomic mass is 33.1. The molecule has 1 aliphatic heterocycles. The second-order valence-electron chi connectivity index (χ2n) is 6.74. The molecule has 1 aliphatic carbocycles. The Morgan fingerprint density at radius 3 is 2.77 bits per heavy atom. The number of amides is 1. The second-order valence-corrected chi connectivity index (χ2v) is 8.49. The van der Waals surface area contributed by atoms with E-state index in [9.17, 15) is 4.79 Å². The number of anilines is 1. The third kappa shape index (κ3) is 3.23. The molecule has 2 fully saturated rings. The van der Waals surface area contributed by atoms with Crippen LogP contribution >= 0.6 is 22.5 Å². The molecule has 22 heavy (non-hydrogen) atoms. The van der Waals surface area contributed by atoms with E-state index in [1.807, 2.05) is 17.2 Å². The molecule has 1 saturated carbocycles. The first kappa shape index (κ1) is 16.0. The fourth-order valence-electron chi connectivity index (χ4n) is 2.81. The van der Waals surface area contributed by atoms with Crippen molar-refractivity contribution in [2.45, 2.75) is 43.9 Å². The maximum absolute atomic E-state index is 12.1. The van der Waals surface area contributed by atoms with Crippen LogP contribution in [0.5, 0.6) is 0 Å².